The van der Waals surface area contributed by atoms with Crippen LogP contribution in [0.15, 0.2) is 0 Å². The molecule has 0 bridgehead atoms. The lowest BCUT2D eigenvalue weighted by Gasteiger charge is -1.88. The zero-order valence-corrected chi connectivity index (χ0v) is 5.41. The highest BCUT2D eigenvalue weighted by atomic mass is 35.5. The van der Waals surface area contributed by atoms with Crippen molar-refractivity contribution in [2.24, 2.45) is 5.92 Å². The summed E-state index contributed by atoms with van der Waals surface area (Å²) in [6.45, 7) is 0. The molecule has 1 saturated carbocycles. The fraction of sp³-hybridized carbons (Fsp3) is 0.750. The van der Waals surface area contributed by atoms with Gasteiger partial charge in [-0.1, -0.05) is 0 Å². The molecule has 0 aromatic heterocycles. The Morgan fingerprint density at radius 3 is 2.12 bits per heavy atom. The van der Waals surface area contributed by atoms with E-state index in [-0.39, 0.29) is 0 Å². The van der Waals surface area contributed by atoms with Gasteiger partial charge in [0.2, 0.25) is 0 Å². The highest BCUT2D eigenvalue weighted by molar-refractivity contribution is 6.52. The van der Waals surface area contributed by atoms with E-state index in [1.807, 2.05) is 0 Å². The number of alkyl halides is 2. The Kier molecular flexibility index (Phi) is 1.17. The number of rotatable bonds is 1. The second-order valence-electron chi connectivity index (χ2n) is 1.86. The summed E-state index contributed by atoms with van der Waals surface area (Å²) in [6, 6.07) is 0. The van der Waals surface area contributed by atoms with E-state index in [0.29, 0.717) is 6.42 Å². The molecular formula is C4H4Cl2O2. The summed E-state index contributed by atoms with van der Waals surface area (Å²) >= 11 is 10.8. The zero-order chi connectivity index (χ0) is 6.36. The molecule has 0 spiro atoms. The topological polar surface area (TPSA) is 37.3 Å². The molecule has 1 fully saturated rings. The Hall–Kier alpha value is 0.0500. The molecule has 2 nitrogen and oxygen atoms in total. The van der Waals surface area contributed by atoms with Crippen LogP contribution in [0.3, 0.4) is 0 Å². The van der Waals surface area contributed by atoms with Crippen molar-refractivity contribution in [3.63, 3.8) is 0 Å². The van der Waals surface area contributed by atoms with Crippen LogP contribution in [0.2, 0.25) is 0 Å². The van der Waals surface area contributed by atoms with Crippen LogP contribution in [0, 0.1) is 5.92 Å². The van der Waals surface area contributed by atoms with Crippen molar-refractivity contribution in [1.82, 2.24) is 0 Å². The molecule has 1 aliphatic rings. The second-order valence-corrected chi connectivity index (χ2v) is 3.40. The van der Waals surface area contributed by atoms with Gasteiger partial charge in [-0.2, -0.15) is 0 Å². The number of hydrogen-bond acceptors (Lipinski definition) is 1. The van der Waals surface area contributed by atoms with Gasteiger partial charge in [-0.25, -0.2) is 0 Å². The molecule has 0 aromatic rings. The molecule has 1 rings (SSSR count). The molecule has 1 aliphatic carbocycles. The molecule has 4 heteroatoms. The maximum atomic E-state index is 10.0. The van der Waals surface area contributed by atoms with E-state index in [0.717, 1.165) is 0 Å². The van der Waals surface area contributed by atoms with Crippen LogP contribution < -0.4 is 0 Å². The highest BCUT2D eigenvalue weighted by Gasteiger charge is 2.56. The van der Waals surface area contributed by atoms with Gasteiger partial charge in [0, 0.05) is 0 Å². The number of carboxylic acid groups (broad SMARTS) is 1. The third-order valence-electron chi connectivity index (χ3n) is 1.12. The lowest BCUT2D eigenvalue weighted by molar-refractivity contribution is -0.138. The monoisotopic (exact) mass is 154 g/mol. The van der Waals surface area contributed by atoms with Gasteiger partial charge in [0.25, 0.3) is 0 Å². The standard InChI is InChI=1S/C4H4Cl2O2/c5-4(6)1-2(4)3(7)8/h2H,1H2,(H,7,8). The lowest BCUT2D eigenvalue weighted by Crippen LogP contribution is -2.03. The van der Waals surface area contributed by atoms with Crippen LogP contribution in [0.4, 0.5) is 0 Å². The Morgan fingerprint density at radius 1 is 1.75 bits per heavy atom. The molecular weight excluding hydrogens is 151 g/mol. The SMILES string of the molecule is O=C(O)C1CC1(Cl)Cl. The van der Waals surface area contributed by atoms with Gasteiger partial charge in [0.05, 0.1) is 5.92 Å². The molecule has 0 heterocycles. The summed E-state index contributed by atoms with van der Waals surface area (Å²) in [4.78, 5) is 10.0. The van der Waals surface area contributed by atoms with E-state index in [9.17, 15) is 4.79 Å². The number of carbonyl (C=O) groups is 1. The number of carboxylic acids is 1. The van der Waals surface area contributed by atoms with Crippen LogP contribution in [-0.4, -0.2) is 15.4 Å². The maximum absolute atomic E-state index is 10.0. The molecule has 1 unspecified atom stereocenters. The summed E-state index contributed by atoms with van der Waals surface area (Å²) in [7, 11) is 0. The minimum absolute atomic E-state index is 0.380. The van der Waals surface area contributed by atoms with Gasteiger partial charge in [-0.3, -0.25) is 4.79 Å². The predicted molar refractivity (Wildman–Crippen MR) is 30.2 cm³/mol. The molecule has 1 atom stereocenters. The summed E-state index contributed by atoms with van der Waals surface area (Å²) in [5.41, 5.74) is 0. The van der Waals surface area contributed by atoms with E-state index in [1.54, 1.807) is 0 Å². The van der Waals surface area contributed by atoms with E-state index in [1.165, 1.54) is 0 Å². The maximum Gasteiger partial charge on any atom is 0.309 e. The summed E-state index contributed by atoms with van der Waals surface area (Å²) in [6.07, 6.45) is 0.380. The zero-order valence-electron chi connectivity index (χ0n) is 3.90. The van der Waals surface area contributed by atoms with E-state index in [2.05, 4.69) is 0 Å². The first-order valence-electron chi connectivity index (χ1n) is 2.14. The molecule has 0 aromatic carbocycles. The van der Waals surface area contributed by atoms with Gasteiger partial charge in [-0.05, 0) is 6.42 Å². The predicted octanol–water partition coefficient (Wildman–Crippen LogP) is 1.26. The van der Waals surface area contributed by atoms with Crippen molar-refractivity contribution in [2.45, 2.75) is 10.8 Å². The first-order chi connectivity index (χ1) is 3.54. The third kappa shape index (κ3) is 0.906. The Balaban J connectivity index is 2.48. The van der Waals surface area contributed by atoms with Crippen LogP contribution in [0.25, 0.3) is 0 Å². The van der Waals surface area contributed by atoms with Crippen molar-refractivity contribution in [3.05, 3.63) is 0 Å². The quantitative estimate of drug-likeness (QED) is 0.578. The van der Waals surface area contributed by atoms with Gasteiger partial charge < -0.3 is 5.11 Å². The Labute approximate surface area is 56.4 Å². The van der Waals surface area contributed by atoms with Crippen molar-refractivity contribution in [3.8, 4) is 0 Å². The Morgan fingerprint density at radius 2 is 2.12 bits per heavy atom. The first kappa shape index (κ1) is 6.17. The fourth-order valence-electron chi connectivity index (χ4n) is 0.481. The number of hydrogen-bond donors (Lipinski definition) is 1. The van der Waals surface area contributed by atoms with Gasteiger partial charge in [0.15, 0.2) is 0 Å². The van der Waals surface area contributed by atoms with Crippen molar-refractivity contribution in [1.29, 1.82) is 0 Å². The minimum Gasteiger partial charge on any atom is -0.481 e. The molecule has 0 aliphatic heterocycles. The van der Waals surface area contributed by atoms with Crippen molar-refractivity contribution >= 4 is 29.2 Å². The molecule has 0 amide bonds. The Bertz CT molecular complexity index is 132. The average molecular weight is 155 g/mol. The van der Waals surface area contributed by atoms with Crippen molar-refractivity contribution < 1.29 is 9.90 Å². The molecule has 0 saturated heterocycles. The smallest absolute Gasteiger partial charge is 0.309 e. The molecule has 8 heavy (non-hydrogen) atoms. The number of aliphatic carboxylic acids is 1. The number of halogens is 2. The van der Waals surface area contributed by atoms with Crippen LogP contribution in [-0.2, 0) is 4.79 Å². The van der Waals surface area contributed by atoms with Gasteiger partial charge in [-0.15, -0.1) is 23.2 Å². The largest absolute Gasteiger partial charge is 0.481 e. The van der Waals surface area contributed by atoms with Crippen LogP contribution in [0.5, 0.6) is 0 Å². The van der Waals surface area contributed by atoms with Crippen LogP contribution in [0.1, 0.15) is 6.42 Å². The van der Waals surface area contributed by atoms with E-state index >= 15 is 0 Å². The highest BCUT2D eigenvalue weighted by Crippen LogP contribution is 2.53. The molecule has 0 radical (unpaired) electrons. The summed E-state index contributed by atoms with van der Waals surface area (Å²) in [5.74, 6) is -1.44. The van der Waals surface area contributed by atoms with Gasteiger partial charge in [0.1, 0.15) is 4.33 Å². The minimum atomic E-state index is -0.966. The normalized spacial score (nSPS) is 32.0. The van der Waals surface area contributed by atoms with Crippen LogP contribution >= 0.6 is 23.2 Å². The molecule has 46 valence electrons. The third-order valence-corrected chi connectivity index (χ3v) is 1.96. The summed E-state index contributed by atoms with van der Waals surface area (Å²) in [5, 5.41) is 8.22. The van der Waals surface area contributed by atoms with Gasteiger partial charge >= 0.3 is 5.97 Å². The second kappa shape index (κ2) is 1.52. The first-order valence-corrected chi connectivity index (χ1v) is 2.90. The van der Waals surface area contributed by atoms with Crippen molar-refractivity contribution in [2.75, 3.05) is 0 Å². The average Bonchev–Trinajstić information content (AvgIpc) is 2.13. The summed E-state index contributed by atoms with van der Waals surface area (Å²) < 4.78 is -0.966. The van der Waals surface area contributed by atoms with E-state index < -0.39 is 16.2 Å². The fourth-order valence-corrected chi connectivity index (χ4v) is 0.976. The van der Waals surface area contributed by atoms with E-state index in [4.69, 9.17) is 28.3 Å². The lowest BCUT2D eigenvalue weighted by atomic mass is 10.4. The molecule has 1 N–H and O–H groups in total.